The summed E-state index contributed by atoms with van der Waals surface area (Å²) in [6.45, 7) is 8.83. The molecule has 0 aliphatic heterocycles. The van der Waals surface area contributed by atoms with Crippen LogP contribution in [0.2, 0.25) is 0 Å². The summed E-state index contributed by atoms with van der Waals surface area (Å²) in [5.74, 6) is 0.992. The maximum Gasteiger partial charge on any atom is 0.122 e. The molecular weight excluding hydrogens is 196 g/mol. The number of rotatable bonds is 2. The van der Waals surface area contributed by atoms with Crippen molar-refractivity contribution in [3.63, 3.8) is 0 Å². The number of ether oxygens (including phenoxy) is 1. The number of aryl methyl sites for hydroxylation is 1. The Hall–Kier alpha value is -1.50. The highest BCUT2D eigenvalue weighted by Crippen LogP contribution is 2.26. The van der Waals surface area contributed by atoms with E-state index < -0.39 is 0 Å². The van der Waals surface area contributed by atoms with Crippen LogP contribution in [-0.2, 0) is 0 Å². The predicted molar refractivity (Wildman–Crippen MR) is 71.2 cm³/mol. The molecule has 1 nitrogen and oxygen atoms in total. The van der Waals surface area contributed by atoms with E-state index in [1.54, 1.807) is 0 Å². The molecule has 16 heavy (non-hydrogen) atoms. The van der Waals surface area contributed by atoms with E-state index in [-0.39, 0.29) is 0 Å². The summed E-state index contributed by atoms with van der Waals surface area (Å²) >= 11 is 0. The van der Waals surface area contributed by atoms with Crippen molar-refractivity contribution >= 4 is 10.8 Å². The molecule has 2 aromatic rings. The summed E-state index contributed by atoms with van der Waals surface area (Å²) in [7, 11) is 0. The monoisotopic (exact) mass is 216 g/mol. The van der Waals surface area contributed by atoms with Gasteiger partial charge in [0.15, 0.2) is 0 Å². The van der Waals surface area contributed by atoms with Crippen LogP contribution in [0.15, 0.2) is 36.4 Å². The summed E-state index contributed by atoms with van der Waals surface area (Å²) < 4.78 is 5.54. The zero-order chi connectivity index (χ0) is 12.0. The second-order valence-corrected chi connectivity index (χ2v) is 3.34. The molecule has 0 fully saturated rings. The highest BCUT2D eigenvalue weighted by Gasteiger charge is 2.02. The van der Waals surface area contributed by atoms with Gasteiger partial charge in [0, 0.05) is 0 Å². The van der Waals surface area contributed by atoms with Gasteiger partial charge in [-0.25, -0.2) is 0 Å². The van der Waals surface area contributed by atoms with Crippen molar-refractivity contribution in [1.29, 1.82) is 0 Å². The van der Waals surface area contributed by atoms with E-state index in [1.165, 1.54) is 16.3 Å². The normalized spacial score (nSPS) is 9.50. The molecule has 86 valence electrons. The van der Waals surface area contributed by atoms with Crippen molar-refractivity contribution in [2.24, 2.45) is 0 Å². The van der Waals surface area contributed by atoms with Gasteiger partial charge in [0.1, 0.15) is 5.75 Å². The van der Waals surface area contributed by atoms with Gasteiger partial charge in [-0.15, -0.1) is 0 Å². The Labute approximate surface area is 98.1 Å². The molecule has 0 bridgehead atoms. The Morgan fingerprint density at radius 2 is 1.69 bits per heavy atom. The lowest BCUT2D eigenvalue weighted by molar-refractivity contribution is 0.338. The van der Waals surface area contributed by atoms with E-state index >= 15 is 0 Å². The van der Waals surface area contributed by atoms with Gasteiger partial charge in [0.05, 0.1) is 6.61 Å². The van der Waals surface area contributed by atoms with Crippen LogP contribution in [0, 0.1) is 6.92 Å². The average Bonchev–Trinajstić information content (AvgIpc) is 2.36. The van der Waals surface area contributed by atoms with Crippen molar-refractivity contribution in [2.45, 2.75) is 27.7 Å². The minimum atomic E-state index is 0.721. The lowest BCUT2D eigenvalue weighted by atomic mass is 10.1. The zero-order valence-electron chi connectivity index (χ0n) is 10.6. The van der Waals surface area contributed by atoms with Crippen LogP contribution >= 0.6 is 0 Å². The molecule has 0 aliphatic rings. The van der Waals surface area contributed by atoms with Gasteiger partial charge in [-0.05, 0) is 36.2 Å². The van der Waals surface area contributed by atoms with Crippen molar-refractivity contribution in [1.82, 2.24) is 0 Å². The van der Waals surface area contributed by atoms with Crippen LogP contribution < -0.4 is 4.74 Å². The van der Waals surface area contributed by atoms with E-state index in [4.69, 9.17) is 4.74 Å². The molecule has 0 spiro atoms. The number of hydrogen-bond donors (Lipinski definition) is 0. The third-order valence-electron chi connectivity index (χ3n) is 2.45. The predicted octanol–water partition coefficient (Wildman–Crippen LogP) is 4.57. The maximum absolute atomic E-state index is 5.54. The van der Waals surface area contributed by atoms with Gasteiger partial charge in [0.25, 0.3) is 0 Å². The van der Waals surface area contributed by atoms with Crippen LogP contribution in [0.1, 0.15) is 26.3 Å². The number of benzene rings is 2. The molecule has 0 unspecified atom stereocenters. The molecule has 0 N–H and O–H groups in total. The molecule has 2 aromatic carbocycles. The molecule has 0 atom stereocenters. The van der Waals surface area contributed by atoms with Crippen LogP contribution in [0.25, 0.3) is 10.8 Å². The third kappa shape index (κ3) is 2.54. The van der Waals surface area contributed by atoms with Gasteiger partial charge in [0.2, 0.25) is 0 Å². The topological polar surface area (TPSA) is 9.23 Å². The highest BCUT2D eigenvalue weighted by molar-refractivity contribution is 5.87. The van der Waals surface area contributed by atoms with Crippen molar-refractivity contribution < 1.29 is 4.74 Å². The molecule has 0 aliphatic carbocycles. The standard InChI is InChI=1S/C13H14O.C2H6/c1-3-14-13-9-8-11-6-4-5-7-12(11)10(13)2;1-2/h4-9H,3H2,1-2H3;1-2H3. The first-order chi connectivity index (χ1) is 7.83. The molecule has 0 amide bonds. The number of fused-ring (bicyclic) bond motifs is 1. The summed E-state index contributed by atoms with van der Waals surface area (Å²) in [6, 6.07) is 12.5. The lowest BCUT2D eigenvalue weighted by Gasteiger charge is -2.09. The summed E-state index contributed by atoms with van der Waals surface area (Å²) in [5.41, 5.74) is 1.23. The zero-order valence-corrected chi connectivity index (χ0v) is 10.6. The van der Waals surface area contributed by atoms with Crippen molar-refractivity contribution in [3.8, 4) is 5.75 Å². The molecule has 0 aromatic heterocycles. The van der Waals surface area contributed by atoms with E-state index in [0.717, 1.165) is 12.4 Å². The molecule has 1 heteroatoms. The Kier molecular flexibility index (Phi) is 4.84. The fourth-order valence-corrected chi connectivity index (χ4v) is 1.72. The minimum absolute atomic E-state index is 0.721. The first kappa shape index (κ1) is 12.6. The molecule has 0 saturated carbocycles. The van der Waals surface area contributed by atoms with Crippen molar-refractivity contribution in [3.05, 3.63) is 42.0 Å². The van der Waals surface area contributed by atoms with E-state index in [1.807, 2.05) is 26.8 Å². The fourth-order valence-electron chi connectivity index (χ4n) is 1.72. The smallest absolute Gasteiger partial charge is 0.122 e. The summed E-state index contributed by atoms with van der Waals surface area (Å²) in [4.78, 5) is 0. The molecule has 2 rings (SSSR count). The minimum Gasteiger partial charge on any atom is -0.494 e. The van der Waals surface area contributed by atoms with Gasteiger partial charge >= 0.3 is 0 Å². The Bertz CT molecular complexity index is 446. The lowest BCUT2D eigenvalue weighted by Crippen LogP contribution is -1.94. The molecule has 0 heterocycles. The Morgan fingerprint density at radius 1 is 1.00 bits per heavy atom. The second kappa shape index (κ2) is 6.16. The van der Waals surface area contributed by atoms with Crippen molar-refractivity contribution in [2.75, 3.05) is 6.61 Å². The highest BCUT2D eigenvalue weighted by atomic mass is 16.5. The summed E-state index contributed by atoms with van der Waals surface area (Å²) in [6.07, 6.45) is 0. The summed E-state index contributed by atoms with van der Waals surface area (Å²) in [5, 5.41) is 2.55. The van der Waals surface area contributed by atoms with Gasteiger partial charge in [-0.3, -0.25) is 0 Å². The van der Waals surface area contributed by atoms with Gasteiger partial charge < -0.3 is 4.74 Å². The third-order valence-corrected chi connectivity index (χ3v) is 2.45. The molecule has 0 saturated heterocycles. The average molecular weight is 216 g/mol. The largest absolute Gasteiger partial charge is 0.494 e. The Morgan fingerprint density at radius 3 is 2.38 bits per heavy atom. The first-order valence-electron chi connectivity index (χ1n) is 5.94. The van der Waals surface area contributed by atoms with Gasteiger partial charge in [-0.2, -0.15) is 0 Å². The van der Waals surface area contributed by atoms with Gasteiger partial charge in [-0.1, -0.05) is 44.2 Å². The maximum atomic E-state index is 5.54. The number of hydrogen-bond acceptors (Lipinski definition) is 1. The molecule has 0 radical (unpaired) electrons. The van der Waals surface area contributed by atoms with E-state index in [2.05, 4.69) is 37.3 Å². The quantitative estimate of drug-likeness (QED) is 0.714. The van der Waals surface area contributed by atoms with Crippen LogP contribution in [0.5, 0.6) is 5.75 Å². The van der Waals surface area contributed by atoms with Crippen LogP contribution in [-0.4, -0.2) is 6.61 Å². The van der Waals surface area contributed by atoms with E-state index in [9.17, 15) is 0 Å². The van der Waals surface area contributed by atoms with Crippen LogP contribution in [0.3, 0.4) is 0 Å². The fraction of sp³-hybridized carbons (Fsp3) is 0.333. The van der Waals surface area contributed by atoms with E-state index in [0.29, 0.717) is 0 Å². The van der Waals surface area contributed by atoms with Crippen LogP contribution in [0.4, 0.5) is 0 Å². The molecular formula is C15H20O. The first-order valence-corrected chi connectivity index (χ1v) is 5.94. The second-order valence-electron chi connectivity index (χ2n) is 3.34. The SMILES string of the molecule is CC.CCOc1ccc2ccccc2c1C. The Balaban J connectivity index is 0.000000606.